The van der Waals surface area contributed by atoms with Crippen molar-refractivity contribution < 1.29 is 23.5 Å². The van der Waals surface area contributed by atoms with Crippen LogP contribution >= 0.6 is 0 Å². The van der Waals surface area contributed by atoms with Crippen molar-refractivity contribution in [3.8, 4) is 11.5 Å². The van der Waals surface area contributed by atoms with Crippen molar-refractivity contribution in [3.05, 3.63) is 59.9 Å². The van der Waals surface area contributed by atoms with Crippen LogP contribution in [-0.4, -0.2) is 37.1 Å². The highest BCUT2D eigenvalue weighted by molar-refractivity contribution is 6.07. The van der Waals surface area contributed by atoms with Gasteiger partial charge in [0, 0.05) is 0 Å². The van der Waals surface area contributed by atoms with Crippen LogP contribution in [0.15, 0.2) is 48.5 Å². The van der Waals surface area contributed by atoms with Gasteiger partial charge in [-0.3, -0.25) is 9.69 Å². The zero-order chi connectivity index (χ0) is 18.7. The summed E-state index contributed by atoms with van der Waals surface area (Å²) in [6, 6.07) is 12.4. The average Bonchev–Trinajstić information content (AvgIpc) is 2.87. The van der Waals surface area contributed by atoms with Crippen LogP contribution in [-0.2, 0) is 10.3 Å². The van der Waals surface area contributed by atoms with Gasteiger partial charge in [0.2, 0.25) is 0 Å². The Morgan fingerprint density at radius 1 is 1.12 bits per heavy atom. The molecule has 2 aromatic carbocycles. The number of nitrogens with one attached hydrogen (secondary N) is 1. The van der Waals surface area contributed by atoms with Crippen LogP contribution in [0.4, 0.5) is 9.18 Å². The van der Waals surface area contributed by atoms with E-state index in [1.165, 1.54) is 12.1 Å². The molecule has 0 unspecified atom stereocenters. The molecule has 26 heavy (non-hydrogen) atoms. The lowest BCUT2D eigenvalue weighted by Gasteiger charge is -2.22. The Morgan fingerprint density at radius 2 is 1.81 bits per heavy atom. The summed E-state index contributed by atoms with van der Waals surface area (Å²) < 4.78 is 24.0. The van der Waals surface area contributed by atoms with Crippen LogP contribution in [0.3, 0.4) is 0 Å². The fraction of sp³-hybridized carbons (Fsp3) is 0.263. The number of rotatable bonds is 6. The molecule has 0 bridgehead atoms. The molecule has 0 aromatic heterocycles. The molecule has 0 saturated carbocycles. The van der Waals surface area contributed by atoms with Gasteiger partial charge in [-0.2, -0.15) is 0 Å². The number of imide groups is 1. The highest BCUT2D eigenvalue weighted by Gasteiger charge is 2.48. The van der Waals surface area contributed by atoms with E-state index < -0.39 is 17.4 Å². The zero-order valence-corrected chi connectivity index (χ0v) is 14.5. The molecule has 0 spiro atoms. The minimum Gasteiger partial charge on any atom is -0.497 e. The predicted octanol–water partition coefficient (Wildman–Crippen LogP) is 2.68. The fourth-order valence-corrected chi connectivity index (χ4v) is 2.83. The van der Waals surface area contributed by atoms with E-state index in [1.54, 1.807) is 50.4 Å². The third-order valence-corrected chi connectivity index (χ3v) is 4.35. The molecule has 1 N–H and O–H groups in total. The molecule has 1 atom stereocenters. The van der Waals surface area contributed by atoms with E-state index >= 15 is 0 Å². The molecule has 1 aliphatic heterocycles. The van der Waals surface area contributed by atoms with Crippen LogP contribution in [0.2, 0.25) is 0 Å². The number of halogens is 1. The first-order chi connectivity index (χ1) is 12.5. The number of hydrogen-bond acceptors (Lipinski definition) is 4. The van der Waals surface area contributed by atoms with Gasteiger partial charge in [-0.1, -0.05) is 24.3 Å². The highest BCUT2D eigenvalue weighted by atomic mass is 19.1. The first kappa shape index (κ1) is 17.7. The lowest BCUT2D eigenvalue weighted by molar-refractivity contribution is -0.131. The molecule has 136 valence electrons. The second kappa shape index (κ2) is 7.03. The Labute approximate surface area is 150 Å². The maximum Gasteiger partial charge on any atom is 0.325 e. The SMILES string of the molecule is COc1ccc([C@]2(C)NC(=O)N(CCOc3ccccc3F)C2=O)cc1. The Balaban J connectivity index is 1.69. The van der Waals surface area contributed by atoms with Crippen LogP contribution < -0.4 is 14.8 Å². The van der Waals surface area contributed by atoms with Crippen LogP contribution in [0.1, 0.15) is 12.5 Å². The number of hydrogen-bond donors (Lipinski definition) is 1. The number of carbonyl (C=O) groups excluding carboxylic acids is 2. The Hall–Kier alpha value is -3.09. The number of methoxy groups -OCH3 is 1. The smallest absolute Gasteiger partial charge is 0.325 e. The number of benzene rings is 2. The first-order valence-electron chi connectivity index (χ1n) is 8.11. The van der Waals surface area contributed by atoms with Crippen LogP contribution in [0.5, 0.6) is 11.5 Å². The molecular formula is C19H19FN2O4. The van der Waals surface area contributed by atoms with Gasteiger partial charge < -0.3 is 14.8 Å². The van der Waals surface area contributed by atoms with Gasteiger partial charge in [-0.25, -0.2) is 9.18 Å². The molecule has 1 saturated heterocycles. The average molecular weight is 358 g/mol. The number of nitrogens with zero attached hydrogens (tertiary/aromatic N) is 1. The molecular weight excluding hydrogens is 339 g/mol. The number of carbonyl (C=O) groups is 2. The summed E-state index contributed by atoms with van der Waals surface area (Å²) >= 11 is 0. The molecule has 1 heterocycles. The maximum atomic E-state index is 13.6. The maximum absolute atomic E-state index is 13.6. The zero-order valence-electron chi connectivity index (χ0n) is 14.5. The Morgan fingerprint density at radius 3 is 2.46 bits per heavy atom. The van der Waals surface area contributed by atoms with Gasteiger partial charge in [-0.15, -0.1) is 0 Å². The molecule has 0 radical (unpaired) electrons. The summed E-state index contributed by atoms with van der Waals surface area (Å²) in [4.78, 5) is 26.1. The standard InChI is InChI=1S/C19H19FN2O4/c1-19(13-7-9-14(25-2)10-8-13)17(23)22(18(24)21-19)11-12-26-16-6-4-3-5-15(16)20/h3-10H,11-12H2,1-2H3,(H,21,24)/t19-/m0/s1. The lowest BCUT2D eigenvalue weighted by atomic mass is 9.92. The topological polar surface area (TPSA) is 67.9 Å². The number of ether oxygens (including phenoxy) is 2. The van der Waals surface area contributed by atoms with Gasteiger partial charge in [0.15, 0.2) is 11.6 Å². The number of amides is 3. The first-order valence-corrected chi connectivity index (χ1v) is 8.11. The van der Waals surface area contributed by atoms with E-state index in [0.717, 1.165) is 4.90 Å². The molecule has 0 aliphatic carbocycles. The van der Waals surface area contributed by atoms with Gasteiger partial charge in [0.25, 0.3) is 5.91 Å². The summed E-state index contributed by atoms with van der Waals surface area (Å²) in [5, 5.41) is 2.71. The minimum atomic E-state index is -1.17. The third kappa shape index (κ3) is 3.20. The summed E-state index contributed by atoms with van der Waals surface area (Å²) in [6.07, 6.45) is 0. The van der Waals surface area contributed by atoms with Gasteiger partial charge in [-0.05, 0) is 36.8 Å². The summed E-state index contributed by atoms with van der Waals surface area (Å²) in [5.74, 6) is -0.140. The van der Waals surface area contributed by atoms with Crippen molar-refractivity contribution in [1.29, 1.82) is 0 Å². The Bertz CT molecular complexity index is 825. The van der Waals surface area contributed by atoms with Gasteiger partial charge in [0.05, 0.1) is 13.7 Å². The van der Waals surface area contributed by atoms with Crippen molar-refractivity contribution in [3.63, 3.8) is 0 Å². The minimum absolute atomic E-state index is 0.00120. The van der Waals surface area contributed by atoms with Crippen LogP contribution in [0.25, 0.3) is 0 Å². The number of urea groups is 1. The summed E-state index contributed by atoms with van der Waals surface area (Å²) in [6.45, 7) is 1.66. The van der Waals surface area contributed by atoms with Crippen molar-refractivity contribution >= 4 is 11.9 Å². The molecule has 7 heteroatoms. The molecule has 6 nitrogen and oxygen atoms in total. The van der Waals surface area contributed by atoms with E-state index in [0.29, 0.717) is 11.3 Å². The van der Waals surface area contributed by atoms with Crippen molar-refractivity contribution in [2.45, 2.75) is 12.5 Å². The van der Waals surface area contributed by atoms with Crippen molar-refractivity contribution in [2.24, 2.45) is 0 Å². The van der Waals surface area contributed by atoms with Gasteiger partial charge in [0.1, 0.15) is 17.9 Å². The second-order valence-corrected chi connectivity index (χ2v) is 6.02. The summed E-state index contributed by atoms with van der Waals surface area (Å²) in [5.41, 5.74) is -0.518. The molecule has 3 amide bonds. The fourth-order valence-electron chi connectivity index (χ4n) is 2.83. The van der Waals surface area contributed by atoms with Gasteiger partial charge >= 0.3 is 6.03 Å². The van der Waals surface area contributed by atoms with E-state index in [1.807, 2.05) is 0 Å². The number of para-hydroxylation sites is 1. The largest absolute Gasteiger partial charge is 0.497 e. The van der Waals surface area contributed by atoms with Crippen molar-refractivity contribution in [1.82, 2.24) is 10.2 Å². The van der Waals surface area contributed by atoms with E-state index in [2.05, 4.69) is 5.32 Å². The highest BCUT2D eigenvalue weighted by Crippen LogP contribution is 2.30. The predicted molar refractivity (Wildman–Crippen MR) is 92.5 cm³/mol. The van der Waals surface area contributed by atoms with Crippen LogP contribution in [0, 0.1) is 5.82 Å². The lowest BCUT2D eigenvalue weighted by Crippen LogP contribution is -2.41. The normalized spacial score (nSPS) is 19.4. The van der Waals surface area contributed by atoms with E-state index in [-0.39, 0.29) is 24.8 Å². The Kier molecular flexibility index (Phi) is 4.79. The third-order valence-electron chi connectivity index (χ3n) is 4.35. The summed E-state index contributed by atoms with van der Waals surface area (Å²) in [7, 11) is 1.55. The van der Waals surface area contributed by atoms with E-state index in [4.69, 9.17) is 9.47 Å². The molecule has 3 rings (SSSR count). The van der Waals surface area contributed by atoms with Crippen molar-refractivity contribution in [2.75, 3.05) is 20.3 Å². The molecule has 1 fully saturated rings. The monoisotopic (exact) mass is 358 g/mol. The molecule has 1 aliphatic rings. The quantitative estimate of drug-likeness (QED) is 0.806. The molecule has 2 aromatic rings. The second-order valence-electron chi connectivity index (χ2n) is 6.02. The van der Waals surface area contributed by atoms with E-state index in [9.17, 15) is 14.0 Å².